The van der Waals surface area contributed by atoms with Crippen LogP contribution in [0.25, 0.3) is 0 Å². The number of nitrogens with two attached hydrogens (primary N) is 1. The Labute approximate surface area is 130 Å². The summed E-state index contributed by atoms with van der Waals surface area (Å²) >= 11 is 4.85. The minimum atomic E-state index is -3.59. The maximum absolute atomic E-state index is 12.2. The van der Waals surface area contributed by atoms with Crippen molar-refractivity contribution in [1.29, 1.82) is 0 Å². The average molecular weight is 350 g/mol. The van der Waals surface area contributed by atoms with E-state index in [0.29, 0.717) is 11.1 Å². The zero-order valence-corrected chi connectivity index (χ0v) is 14.3. The monoisotopic (exact) mass is 350 g/mol. The van der Waals surface area contributed by atoms with Crippen molar-refractivity contribution in [2.45, 2.75) is 5.75 Å². The van der Waals surface area contributed by atoms with Crippen LogP contribution in [0, 0.1) is 0 Å². The predicted molar refractivity (Wildman–Crippen MR) is 87.3 cm³/mol. The summed E-state index contributed by atoms with van der Waals surface area (Å²) in [6.07, 6.45) is 1.07. The molecule has 0 aliphatic carbocycles. The highest BCUT2D eigenvalue weighted by atomic mass is 32.2. The fourth-order valence-corrected chi connectivity index (χ4v) is 3.61. The van der Waals surface area contributed by atoms with Crippen LogP contribution in [0.4, 0.5) is 0 Å². The second-order valence-electron chi connectivity index (χ2n) is 4.77. The molecule has 0 spiro atoms. The molecule has 0 aliphatic heterocycles. The Balaban J connectivity index is 2.85. The highest BCUT2D eigenvalue weighted by Gasteiger charge is 2.20. The molecule has 0 saturated carbocycles. The number of benzene rings is 1. The van der Waals surface area contributed by atoms with Crippen molar-refractivity contribution in [2.24, 2.45) is 5.73 Å². The van der Waals surface area contributed by atoms with Crippen molar-refractivity contribution in [3.05, 3.63) is 35.4 Å². The lowest BCUT2D eigenvalue weighted by Crippen LogP contribution is -2.32. The van der Waals surface area contributed by atoms with Crippen LogP contribution < -0.4 is 5.73 Å². The van der Waals surface area contributed by atoms with Gasteiger partial charge in [-0.1, -0.05) is 30.4 Å². The number of sulfone groups is 1. The summed E-state index contributed by atoms with van der Waals surface area (Å²) in [4.78, 5) is 0.194. The van der Waals surface area contributed by atoms with Crippen molar-refractivity contribution < 1.29 is 16.8 Å². The van der Waals surface area contributed by atoms with E-state index < -0.39 is 19.9 Å². The first-order chi connectivity index (χ1) is 9.51. The molecule has 2 N–H and O–H groups in total. The number of hydrogen-bond donors (Lipinski definition) is 1. The van der Waals surface area contributed by atoms with Gasteiger partial charge in [0.1, 0.15) is 14.8 Å². The molecule has 0 atom stereocenters. The highest BCUT2D eigenvalue weighted by molar-refractivity contribution is 7.91. The smallest absolute Gasteiger partial charge is 0.218 e. The molecule has 118 valence electrons. The number of rotatable bonds is 7. The van der Waals surface area contributed by atoms with Crippen molar-refractivity contribution in [1.82, 2.24) is 4.31 Å². The topological polar surface area (TPSA) is 97.5 Å². The Morgan fingerprint density at radius 2 is 1.90 bits per heavy atom. The summed E-state index contributed by atoms with van der Waals surface area (Å²) in [6, 6.07) is 6.65. The van der Waals surface area contributed by atoms with Gasteiger partial charge in [0.05, 0.1) is 11.5 Å². The first kappa shape index (κ1) is 18.0. The number of sulfonamides is 1. The van der Waals surface area contributed by atoms with Gasteiger partial charge in [-0.2, -0.15) is 0 Å². The van der Waals surface area contributed by atoms with Crippen molar-refractivity contribution in [2.75, 3.05) is 25.6 Å². The molecule has 0 radical (unpaired) electrons. The number of hydrogen-bond acceptors (Lipinski definition) is 5. The standard InChI is InChI=1S/C12H18N2O4S3/c1-14(6-7-20(2,15)16)21(17,18)9-10-4-3-5-11(8-10)12(13)19/h3-5,8H,6-7,9H2,1-2H3,(H2,13,19). The molecule has 0 saturated heterocycles. The lowest BCUT2D eigenvalue weighted by atomic mass is 10.1. The molecule has 1 rings (SSSR count). The molecule has 0 amide bonds. The molecule has 0 fully saturated rings. The molecule has 0 heterocycles. The third kappa shape index (κ3) is 6.08. The summed E-state index contributed by atoms with van der Waals surface area (Å²) < 4.78 is 47.6. The molecule has 6 nitrogen and oxygen atoms in total. The van der Waals surface area contributed by atoms with Crippen molar-refractivity contribution >= 4 is 37.1 Å². The third-order valence-corrected chi connectivity index (χ3v) is 5.80. The molecular formula is C12H18N2O4S3. The SMILES string of the molecule is CN(CCS(C)(=O)=O)S(=O)(=O)Cc1cccc(C(N)=S)c1. The maximum atomic E-state index is 12.2. The number of thiocarbonyl (C=S) groups is 1. The van der Waals surface area contributed by atoms with E-state index in [4.69, 9.17) is 18.0 Å². The lowest BCUT2D eigenvalue weighted by Gasteiger charge is -2.16. The quantitative estimate of drug-likeness (QED) is 0.702. The van der Waals surface area contributed by atoms with Crippen LogP contribution in [-0.4, -0.2) is 51.7 Å². The molecule has 1 aromatic rings. The largest absolute Gasteiger partial charge is 0.389 e. The van der Waals surface area contributed by atoms with Crippen LogP contribution in [-0.2, 0) is 25.6 Å². The Bertz CT molecular complexity index is 727. The van der Waals surface area contributed by atoms with E-state index in [1.807, 2.05) is 0 Å². The summed E-state index contributed by atoms with van der Waals surface area (Å²) in [5, 5.41) is 0. The lowest BCUT2D eigenvalue weighted by molar-refractivity contribution is 0.484. The minimum Gasteiger partial charge on any atom is -0.389 e. The molecule has 21 heavy (non-hydrogen) atoms. The Morgan fingerprint density at radius 1 is 1.29 bits per heavy atom. The zero-order valence-electron chi connectivity index (χ0n) is 11.8. The van der Waals surface area contributed by atoms with Crippen LogP contribution in [0.1, 0.15) is 11.1 Å². The van der Waals surface area contributed by atoms with Gasteiger partial charge in [-0.25, -0.2) is 21.1 Å². The van der Waals surface area contributed by atoms with Gasteiger partial charge in [0.2, 0.25) is 10.0 Å². The minimum absolute atomic E-state index is 0.0733. The van der Waals surface area contributed by atoms with Gasteiger partial charge in [-0.05, 0) is 11.6 Å². The van der Waals surface area contributed by atoms with Crippen molar-refractivity contribution in [3.63, 3.8) is 0 Å². The van der Waals surface area contributed by atoms with Gasteiger partial charge < -0.3 is 5.73 Å². The van der Waals surface area contributed by atoms with E-state index in [9.17, 15) is 16.8 Å². The molecule has 0 aliphatic rings. The maximum Gasteiger partial charge on any atom is 0.218 e. The molecule has 0 unspecified atom stereocenters. The molecular weight excluding hydrogens is 332 g/mol. The van der Waals surface area contributed by atoms with Crippen LogP contribution in [0.2, 0.25) is 0 Å². The Kier molecular flexibility index (Phi) is 5.85. The van der Waals surface area contributed by atoms with Gasteiger partial charge >= 0.3 is 0 Å². The Morgan fingerprint density at radius 3 is 2.43 bits per heavy atom. The van der Waals surface area contributed by atoms with E-state index >= 15 is 0 Å². The fraction of sp³-hybridized carbons (Fsp3) is 0.417. The predicted octanol–water partition coefficient (Wildman–Crippen LogP) is 0.127. The van der Waals surface area contributed by atoms with E-state index in [0.717, 1.165) is 10.6 Å². The normalized spacial score (nSPS) is 12.5. The Hall–Kier alpha value is -1.03. The summed E-state index contributed by atoms with van der Waals surface area (Å²) in [5.41, 5.74) is 6.65. The van der Waals surface area contributed by atoms with Gasteiger partial charge in [0.15, 0.2) is 0 Å². The third-order valence-electron chi connectivity index (χ3n) is 2.81. The first-order valence-electron chi connectivity index (χ1n) is 6.02. The molecule has 9 heteroatoms. The second kappa shape index (κ2) is 6.82. The number of nitrogens with zero attached hydrogens (tertiary/aromatic N) is 1. The average Bonchev–Trinajstić information content (AvgIpc) is 2.34. The summed E-state index contributed by atoms with van der Waals surface area (Å²) in [7, 11) is -5.44. The summed E-state index contributed by atoms with van der Waals surface area (Å²) in [6.45, 7) is -0.0733. The van der Waals surface area contributed by atoms with Crippen LogP contribution >= 0.6 is 12.2 Å². The van der Waals surface area contributed by atoms with Gasteiger partial charge in [0.25, 0.3) is 0 Å². The van der Waals surface area contributed by atoms with E-state index in [-0.39, 0.29) is 23.0 Å². The molecule has 1 aromatic carbocycles. The van der Waals surface area contributed by atoms with E-state index in [1.54, 1.807) is 24.3 Å². The van der Waals surface area contributed by atoms with E-state index in [2.05, 4.69) is 0 Å². The second-order valence-corrected chi connectivity index (χ2v) is 9.55. The van der Waals surface area contributed by atoms with E-state index in [1.165, 1.54) is 7.05 Å². The highest BCUT2D eigenvalue weighted by Crippen LogP contribution is 2.12. The van der Waals surface area contributed by atoms with Crippen LogP contribution in [0.3, 0.4) is 0 Å². The molecule has 0 aromatic heterocycles. The van der Waals surface area contributed by atoms with Crippen molar-refractivity contribution in [3.8, 4) is 0 Å². The van der Waals surface area contributed by atoms with Crippen LogP contribution in [0.5, 0.6) is 0 Å². The first-order valence-corrected chi connectivity index (χ1v) is 10.1. The van der Waals surface area contributed by atoms with Gasteiger partial charge in [0, 0.05) is 25.4 Å². The summed E-state index contributed by atoms with van der Waals surface area (Å²) in [5.74, 6) is -0.445. The van der Waals surface area contributed by atoms with Gasteiger partial charge in [-0.15, -0.1) is 0 Å². The fourth-order valence-electron chi connectivity index (χ4n) is 1.57. The zero-order chi connectivity index (χ0) is 16.3. The van der Waals surface area contributed by atoms with Gasteiger partial charge in [-0.3, -0.25) is 0 Å². The molecule has 0 bridgehead atoms. The van der Waals surface area contributed by atoms with Crippen LogP contribution in [0.15, 0.2) is 24.3 Å².